The Kier molecular flexibility index (Phi) is 5.36. The molecule has 1 atom stereocenters. The summed E-state index contributed by atoms with van der Waals surface area (Å²) in [6.45, 7) is 3.10. The van der Waals surface area contributed by atoms with E-state index in [1.165, 1.54) is 0 Å². The molecular formula is C12H23NO4. The predicted molar refractivity (Wildman–Crippen MR) is 63.9 cm³/mol. The molecule has 0 saturated heterocycles. The summed E-state index contributed by atoms with van der Waals surface area (Å²) < 4.78 is 5.00. The van der Waals surface area contributed by atoms with Crippen LogP contribution >= 0.6 is 0 Å². The third-order valence-corrected chi connectivity index (χ3v) is 3.46. The van der Waals surface area contributed by atoms with Gasteiger partial charge in [0.2, 0.25) is 0 Å². The van der Waals surface area contributed by atoms with Crippen LogP contribution in [0.25, 0.3) is 0 Å². The van der Waals surface area contributed by atoms with Crippen molar-refractivity contribution in [2.24, 2.45) is 5.92 Å². The lowest BCUT2D eigenvalue weighted by atomic mass is 9.78. The molecule has 5 heteroatoms. The second-order valence-corrected chi connectivity index (χ2v) is 5.07. The summed E-state index contributed by atoms with van der Waals surface area (Å²) in [6.07, 6.45) is 2.23. The van der Waals surface area contributed by atoms with Gasteiger partial charge in [0.1, 0.15) is 0 Å². The van der Waals surface area contributed by atoms with Crippen molar-refractivity contribution >= 4 is 5.97 Å². The van der Waals surface area contributed by atoms with Gasteiger partial charge in [0.25, 0.3) is 0 Å². The molecule has 1 fully saturated rings. The van der Waals surface area contributed by atoms with E-state index >= 15 is 0 Å². The highest BCUT2D eigenvalue weighted by atomic mass is 16.5. The van der Waals surface area contributed by atoms with Crippen molar-refractivity contribution in [3.63, 3.8) is 0 Å². The van der Waals surface area contributed by atoms with E-state index in [9.17, 15) is 9.90 Å². The van der Waals surface area contributed by atoms with Gasteiger partial charge < -0.3 is 20.3 Å². The fourth-order valence-corrected chi connectivity index (χ4v) is 2.25. The quantitative estimate of drug-likeness (QED) is 0.639. The highest BCUT2D eigenvalue weighted by molar-refractivity contribution is 5.70. The van der Waals surface area contributed by atoms with E-state index < -0.39 is 11.6 Å². The number of aliphatic hydroxyl groups is 1. The van der Waals surface area contributed by atoms with Crippen molar-refractivity contribution in [3.05, 3.63) is 0 Å². The van der Waals surface area contributed by atoms with Crippen LogP contribution in [0.1, 0.15) is 32.6 Å². The van der Waals surface area contributed by atoms with Gasteiger partial charge in [-0.2, -0.15) is 0 Å². The Morgan fingerprint density at radius 3 is 2.59 bits per heavy atom. The van der Waals surface area contributed by atoms with Crippen LogP contribution in [-0.2, 0) is 9.53 Å². The molecule has 0 bridgehead atoms. The summed E-state index contributed by atoms with van der Waals surface area (Å²) in [7, 11) is 1.64. The lowest BCUT2D eigenvalue weighted by Gasteiger charge is -2.35. The number of methoxy groups -OCH3 is 1. The van der Waals surface area contributed by atoms with Crippen molar-refractivity contribution in [1.29, 1.82) is 0 Å². The Bertz CT molecular complexity index is 249. The van der Waals surface area contributed by atoms with E-state index in [-0.39, 0.29) is 12.0 Å². The first-order valence-electron chi connectivity index (χ1n) is 6.14. The SMILES string of the molecule is COCC(C)NCC1(O)CCC(C(=O)O)CC1. The molecule has 17 heavy (non-hydrogen) atoms. The van der Waals surface area contributed by atoms with E-state index in [0.29, 0.717) is 38.8 Å². The number of ether oxygens (including phenoxy) is 1. The third kappa shape index (κ3) is 4.61. The second kappa shape index (κ2) is 6.33. The number of carbonyl (C=O) groups is 1. The molecule has 0 heterocycles. The molecular weight excluding hydrogens is 222 g/mol. The minimum Gasteiger partial charge on any atom is -0.481 e. The molecule has 1 saturated carbocycles. The van der Waals surface area contributed by atoms with Gasteiger partial charge in [0.05, 0.1) is 18.1 Å². The summed E-state index contributed by atoms with van der Waals surface area (Å²) in [5.74, 6) is -1.03. The Labute approximate surface area is 102 Å². The van der Waals surface area contributed by atoms with E-state index in [1.54, 1.807) is 7.11 Å². The maximum atomic E-state index is 10.8. The van der Waals surface area contributed by atoms with Crippen molar-refractivity contribution in [2.45, 2.75) is 44.2 Å². The Morgan fingerprint density at radius 1 is 1.53 bits per heavy atom. The van der Waals surface area contributed by atoms with E-state index in [1.807, 2.05) is 6.92 Å². The molecule has 0 radical (unpaired) electrons. The maximum Gasteiger partial charge on any atom is 0.306 e. The standard InChI is InChI=1S/C12H23NO4/c1-9(7-17-2)13-8-12(16)5-3-10(4-6-12)11(14)15/h9-10,13,16H,3-8H2,1-2H3,(H,14,15). The number of aliphatic carboxylic acids is 1. The number of carboxylic acids is 1. The predicted octanol–water partition coefficient (Wildman–Crippen LogP) is 0.617. The molecule has 100 valence electrons. The van der Waals surface area contributed by atoms with Crippen LogP contribution in [0, 0.1) is 5.92 Å². The minimum atomic E-state index is -0.756. The second-order valence-electron chi connectivity index (χ2n) is 5.07. The van der Waals surface area contributed by atoms with Crippen LogP contribution < -0.4 is 5.32 Å². The molecule has 0 spiro atoms. The number of hydrogen-bond acceptors (Lipinski definition) is 4. The topological polar surface area (TPSA) is 78.8 Å². The van der Waals surface area contributed by atoms with E-state index in [4.69, 9.17) is 9.84 Å². The van der Waals surface area contributed by atoms with E-state index in [0.717, 1.165) is 0 Å². The molecule has 1 rings (SSSR count). The average Bonchev–Trinajstić information content (AvgIpc) is 2.28. The number of rotatable bonds is 6. The molecule has 1 aliphatic carbocycles. The molecule has 0 aliphatic heterocycles. The number of carboxylic acid groups (broad SMARTS) is 1. The zero-order valence-corrected chi connectivity index (χ0v) is 10.6. The first-order valence-corrected chi connectivity index (χ1v) is 6.14. The Balaban J connectivity index is 2.31. The highest BCUT2D eigenvalue weighted by Gasteiger charge is 2.35. The van der Waals surface area contributed by atoms with Gasteiger partial charge >= 0.3 is 5.97 Å². The van der Waals surface area contributed by atoms with Crippen molar-refractivity contribution in [1.82, 2.24) is 5.32 Å². The van der Waals surface area contributed by atoms with E-state index in [2.05, 4.69) is 5.32 Å². The van der Waals surface area contributed by atoms with Gasteiger partial charge in [0.15, 0.2) is 0 Å². The van der Waals surface area contributed by atoms with Gasteiger partial charge in [-0.3, -0.25) is 4.79 Å². The molecule has 1 unspecified atom stereocenters. The maximum absolute atomic E-state index is 10.8. The monoisotopic (exact) mass is 245 g/mol. The molecule has 1 aliphatic rings. The zero-order valence-electron chi connectivity index (χ0n) is 10.6. The van der Waals surface area contributed by atoms with Gasteiger partial charge in [-0.05, 0) is 32.6 Å². The molecule has 0 aromatic heterocycles. The van der Waals surface area contributed by atoms with Crippen molar-refractivity contribution in [2.75, 3.05) is 20.3 Å². The fourth-order valence-electron chi connectivity index (χ4n) is 2.25. The minimum absolute atomic E-state index is 0.196. The van der Waals surface area contributed by atoms with Crippen LogP contribution in [0.3, 0.4) is 0 Å². The number of hydrogen-bond donors (Lipinski definition) is 3. The molecule has 0 aromatic rings. The average molecular weight is 245 g/mol. The van der Waals surface area contributed by atoms with Crippen LogP contribution in [0.15, 0.2) is 0 Å². The van der Waals surface area contributed by atoms with Crippen LogP contribution in [0.4, 0.5) is 0 Å². The normalized spacial score (nSPS) is 31.1. The Hall–Kier alpha value is -0.650. The summed E-state index contributed by atoms with van der Waals surface area (Å²) in [5, 5.41) is 22.4. The summed E-state index contributed by atoms with van der Waals surface area (Å²) in [4.78, 5) is 10.8. The molecule has 5 nitrogen and oxygen atoms in total. The molecule has 0 amide bonds. The smallest absolute Gasteiger partial charge is 0.306 e. The lowest BCUT2D eigenvalue weighted by molar-refractivity contribution is -0.144. The van der Waals surface area contributed by atoms with Crippen molar-refractivity contribution < 1.29 is 19.7 Å². The van der Waals surface area contributed by atoms with Crippen LogP contribution in [0.2, 0.25) is 0 Å². The Morgan fingerprint density at radius 2 is 2.12 bits per heavy atom. The third-order valence-electron chi connectivity index (χ3n) is 3.46. The van der Waals surface area contributed by atoms with Crippen molar-refractivity contribution in [3.8, 4) is 0 Å². The first kappa shape index (κ1) is 14.4. The largest absolute Gasteiger partial charge is 0.481 e. The van der Waals surface area contributed by atoms with Gasteiger partial charge in [0, 0.05) is 19.7 Å². The van der Waals surface area contributed by atoms with Gasteiger partial charge in [-0.25, -0.2) is 0 Å². The lowest BCUT2D eigenvalue weighted by Crippen LogP contribution is -2.47. The number of nitrogens with one attached hydrogen (secondary N) is 1. The van der Waals surface area contributed by atoms with Gasteiger partial charge in [-0.15, -0.1) is 0 Å². The fraction of sp³-hybridized carbons (Fsp3) is 0.917. The zero-order chi connectivity index (χ0) is 12.9. The first-order chi connectivity index (χ1) is 7.97. The summed E-state index contributed by atoms with van der Waals surface area (Å²) in [6, 6.07) is 0.196. The van der Waals surface area contributed by atoms with Crippen LogP contribution in [0.5, 0.6) is 0 Å². The summed E-state index contributed by atoms with van der Waals surface area (Å²) in [5.41, 5.74) is -0.756. The summed E-state index contributed by atoms with van der Waals surface area (Å²) >= 11 is 0. The van der Waals surface area contributed by atoms with Crippen LogP contribution in [-0.4, -0.2) is 48.1 Å². The molecule has 0 aromatic carbocycles. The highest BCUT2D eigenvalue weighted by Crippen LogP contribution is 2.31. The molecule has 3 N–H and O–H groups in total. The van der Waals surface area contributed by atoms with Gasteiger partial charge in [-0.1, -0.05) is 0 Å².